The van der Waals surface area contributed by atoms with Gasteiger partial charge >= 0.3 is 0 Å². The van der Waals surface area contributed by atoms with Gasteiger partial charge in [-0.05, 0) is 32.9 Å². The Morgan fingerprint density at radius 3 is 2.60 bits per heavy atom. The molecule has 3 heteroatoms. The maximum Gasteiger partial charge on any atom is 0.0342 e. The van der Waals surface area contributed by atoms with Gasteiger partial charge in [0.1, 0.15) is 0 Å². The summed E-state index contributed by atoms with van der Waals surface area (Å²) < 4.78 is 0. The van der Waals surface area contributed by atoms with Crippen LogP contribution in [0.1, 0.15) is 27.2 Å². The van der Waals surface area contributed by atoms with E-state index in [-0.39, 0.29) is 0 Å². The van der Waals surface area contributed by atoms with Crippen LogP contribution in [0.25, 0.3) is 0 Å². The van der Waals surface area contributed by atoms with E-state index in [1.54, 1.807) is 0 Å². The average Bonchev–Trinajstić information content (AvgIpc) is 2.30. The van der Waals surface area contributed by atoms with Gasteiger partial charge in [0.25, 0.3) is 0 Å². The molecule has 90 valence electrons. The number of hydrogen-bond donors (Lipinski definition) is 1. The first-order valence-corrected chi connectivity index (χ1v) is 6.19. The molecule has 2 atom stereocenters. The van der Waals surface area contributed by atoms with E-state index >= 15 is 0 Å². The van der Waals surface area contributed by atoms with Crippen LogP contribution in [0.3, 0.4) is 0 Å². The van der Waals surface area contributed by atoms with Gasteiger partial charge in [-0.3, -0.25) is 4.90 Å². The van der Waals surface area contributed by atoms with Gasteiger partial charge in [0, 0.05) is 31.7 Å². The smallest absolute Gasteiger partial charge is 0.0342 e. The van der Waals surface area contributed by atoms with E-state index in [9.17, 15) is 0 Å². The lowest BCUT2D eigenvalue weighted by atomic mass is 10.1. The molecule has 0 aromatic rings. The van der Waals surface area contributed by atoms with Gasteiger partial charge < -0.3 is 10.6 Å². The highest BCUT2D eigenvalue weighted by molar-refractivity contribution is 4.82. The van der Waals surface area contributed by atoms with Gasteiger partial charge in [0.05, 0.1) is 0 Å². The van der Waals surface area contributed by atoms with Crippen LogP contribution in [-0.2, 0) is 0 Å². The van der Waals surface area contributed by atoms with Crippen LogP contribution in [0.2, 0.25) is 0 Å². The van der Waals surface area contributed by atoms with Crippen molar-refractivity contribution in [2.24, 2.45) is 11.7 Å². The van der Waals surface area contributed by atoms with Gasteiger partial charge in [-0.1, -0.05) is 13.8 Å². The minimum atomic E-state index is 0.536. The fraction of sp³-hybridized carbons (Fsp3) is 1.00. The maximum absolute atomic E-state index is 5.83. The molecule has 1 fully saturated rings. The molecule has 1 saturated heterocycles. The fourth-order valence-electron chi connectivity index (χ4n) is 2.32. The monoisotopic (exact) mass is 213 g/mol. The number of nitrogens with zero attached hydrogens (tertiary/aromatic N) is 2. The number of rotatable bonds is 3. The zero-order valence-electron chi connectivity index (χ0n) is 10.7. The molecule has 15 heavy (non-hydrogen) atoms. The lowest BCUT2D eigenvalue weighted by Gasteiger charge is -2.31. The number of hydrogen-bond acceptors (Lipinski definition) is 3. The lowest BCUT2D eigenvalue weighted by molar-refractivity contribution is 0.167. The minimum absolute atomic E-state index is 0.536. The van der Waals surface area contributed by atoms with Crippen LogP contribution in [0.5, 0.6) is 0 Å². The highest BCUT2D eigenvalue weighted by atomic mass is 15.2. The van der Waals surface area contributed by atoms with Crippen molar-refractivity contribution in [3.05, 3.63) is 0 Å². The van der Waals surface area contributed by atoms with Crippen molar-refractivity contribution in [2.45, 2.75) is 39.3 Å². The molecule has 2 unspecified atom stereocenters. The predicted molar refractivity (Wildman–Crippen MR) is 66.0 cm³/mol. The highest BCUT2D eigenvalue weighted by Gasteiger charge is 2.25. The Bertz CT molecular complexity index is 182. The summed E-state index contributed by atoms with van der Waals surface area (Å²) in [6.45, 7) is 11.2. The third-order valence-corrected chi connectivity index (χ3v) is 3.46. The Balaban J connectivity index is 2.60. The zero-order valence-corrected chi connectivity index (χ0v) is 10.7. The summed E-state index contributed by atoms with van der Waals surface area (Å²) in [5.74, 6) is 0.745. The van der Waals surface area contributed by atoms with Gasteiger partial charge in [-0.25, -0.2) is 0 Å². The summed E-state index contributed by atoms with van der Waals surface area (Å²) >= 11 is 0. The first kappa shape index (κ1) is 12.9. The molecular weight excluding hydrogens is 186 g/mol. The first-order valence-electron chi connectivity index (χ1n) is 6.19. The van der Waals surface area contributed by atoms with E-state index in [0.29, 0.717) is 12.1 Å². The molecular formula is C12H27N3. The average molecular weight is 213 g/mol. The molecule has 2 N–H and O–H groups in total. The Morgan fingerprint density at radius 1 is 1.40 bits per heavy atom. The Hall–Kier alpha value is -0.120. The molecule has 1 rings (SSSR count). The first-order chi connectivity index (χ1) is 7.04. The second-order valence-electron chi connectivity index (χ2n) is 5.36. The van der Waals surface area contributed by atoms with Gasteiger partial charge in [0.15, 0.2) is 0 Å². The second kappa shape index (κ2) is 5.83. The van der Waals surface area contributed by atoms with Crippen molar-refractivity contribution in [1.82, 2.24) is 9.80 Å². The molecule has 0 amide bonds. The standard InChI is InChI=1S/C12H27N3/c1-10(2)8-15-9-12(7-13)14(4)6-5-11(15)3/h10-12H,5-9,13H2,1-4H3. The van der Waals surface area contributed by atoms with Crippen LogP contribution >= 0.6 is 0 Å². The Morgan fingerprint density at radius 2 is 2.07 bits per heavy atom. The van der Waals surface area contributed by atoms with Crippen LogP contribution in [0, 0.1) is 5.92 Å². The highest BCUT2D eigenvalue weighted by Crippen LogP contribution is 2.15. The molecule has 0 aromatic heterocycles. The van der Waals surface area contributed by atoms with E-state index in [1.165, 1.54) is 19.5 Å². The topological polar surface area (TPSA) is 32.5 Å². The summed E-state index contributed by atoms with van der Waals surface area (Å²) in [5, 5.41) is 0. The molecule has 0 spiro atoms. The Kier molecular flexibility index (Phi) is 5.03. The molecule has 0 saturated carbocycles. The van der Waals surface area contributed by atoms with Crippen molar-refractivity contribution >= 4 is 0 Å². The zero-order chi connectivity index (χ0) is 11.4. The van der Waals surface area contributed by atoms with Crippen LogP contribution in [0.4, 0.5) is 0 Å². The minimum Gasteiger partial charge on any atom is -0.329 e. The largest absolute Gasteiger partial charge is 0.329 e. The molecule has 0 aromatic carbocycles. The van der Waals surface area contributed by atoms with E-state index in [2.05, 4.69) is 37.6 Å². The van der Waals surface area contributed by atoms with Crippen molar-refractivity contribution in [1.29, 1.82) is 0 Å². The fourth-order valence-corrected chi connectivity index (χ4v) is 2.32. The van der Waals surface area contributed by atoms with Gasteiger partial charge in [-0.15, -0.1) is 0 Å². The second-order valence-corrected chi connectivity index (χ2v) is 5.36. The summed E-state index contributed by atoms with van der Waals surface area (Å²) in [4.78, 5) is 5.02. The van der Waals surface area contributed by atoms with E-state index in [0.717, 1.165) is 19.0 Å². The van der Waals surface area contributed by atoms with E-state index in [1.807, 2.05) is 0 Å². The van der Waals surface area contributed by atoms with Crippen molar-refractivity contribution < 1.29 is 0 Å². The summed E-state index contributed by atoms with van der Waals surface area (Å²) in [5.41, 5.74) is 5.83. The number of nitrogens with two attached hydrogens (primary N) is 1. The molecule has 1 aliphatic rings. The van der Waals surface area contributed by atoms with E-state index < -0.39 is 0 Å². The third kappa shape index (κ3) is 3.74. The van der Waals surface area contributed by atoms with E-state index in [4.69, 9.17) is 5.73 Å². The molecule has 1 heterocycles. The predicted octanol–water partition coefficient (Wildman–Crippen LogP) is 0.996. The van der Waals surface area contributed by atoms with Crippen molar-refractivity contribution in [3.8, 4) is 0 Å². The van der Waals surface area contributed by atoms with Crippen LogP contribution in [-0.4, -0.2) is 55.1 Å². The van der Waals surface area contributed by atoms with Crippen molar-refractivity contribution in [2.75, 3.05) is 33.2 Å². The third-order valence-electron chi connectivity index (χ3n) is 3.46. The van der Waals surface area contributed by atoms with Gasteiger partial charge in [0.2, 0.25) is 0 Å². The summed E-state index contributed by atoms with van der Waals surface area (Å²) in [7, 11) is 2.20. The van der Waals surface area contributed by atoms with Gasteiger partial charge in [-0.2, -0.15) is 0 Å². The van der Waals surface area contributed by atoms with Crippen molar-refractivity contribution in [3.63, 3.8) is 0 Å². The lowest BCUT2D eigenvalue weighted by Crippen LogP contribution is -2.45. The van der Waals surface area contributed by atoms with Crippen LogP contribution < -0.4 is 5.73 Å². The molecule has 3 nitrogen and oxygen atoms in total. The molecule has 0 aliphatic carbocycles. The molecule has 0 radical (unpaired) electrons. The Labute approximate surface area is 94.6 Å². The summed E-state index contributed by atoms with van der Waals surface area (Å²) in [6, 6.07) is 1.24. The normalized spacial score (nSPS) is 30.8. The summed E-state index contributed by atoms with van der Waals surface area (Å²) in [6.07, 6.45) is 1.26. The molecule has 0 bridgehead atoms. The maximum atomic E-state index is 5.83. The quantitative estimate of drug-likeness (QED) is 0.759. The SMILES string of the molecule is CC(C)CN1CC(CN)N(C)CCC1C. The van der Waals surface area contributed by atoms with Crippen LogP contribution in [0.15, 0.2) is 0 Å². The molecule has 1 aliphatic heterocycles. The number of likely N-dealkylation sites (N-methyl/N-ethyl adjacent to an activating group) is 1.